The molecule has 0 bridgehead atoms. The Morgan fingerprint density at radius 3 is 2.65 bits per heavy atom. The zero-order valence-electron chi connectivity index (χ0n) is 11.6. The van der Waals surface area contributed by atoms with Crippen LogP contribution >= 0.6 is 0 Å². The second kappa shape index (κ2) is 4.97. The van der Waals surface area contributed by atoms with Crippen molar-refractivity contribution in [3.05, 3.63) is 0 Å². The molecule has 1 aliphatic carbocycles. The van der Waals surface area contributed by atoms with Crippen molar-refractivity contribution in [2.24, 2.45) is 17.8 Å². The van der Waals surface area contributed by atoms with Crippen LogP contribution in [0, 0.1) is 17.8 Å². The monoisotopic (exact) mass is 238 g/mol. The van der Waals surface area contributed by atoms with Crippen molar-refractivity contribution in [1.29, 1.82) is 0 Å². The predicted molar refractivity (Wildman–Crippen MR) is 69.4 cm³/mol. The number of amides is 1. The van der Waals surface area contributed by atoms with E-state index in [1.807, 2.05) is 0 Å². The highest BCUT2D eigenvalue weighted by Gasteiger charge is 2.43. The molecule has 0 aromatic carbocycles. The Bertz CT molecular complexity index is 290. The molecule has 98 valence electrons. The fourth-order valence-electron chi connectivity index (χ4n) is 3.68. The molecule has 3 heteroatoms. The van der Waals surface area contributed by atoms with E-state index in [1.165, 1.54) is 19.3 Å². The number of hydrogen-bond acceptors (Lipinski definition) is 2. The Hall–Kier alpha value is -0.570. The summed E-state index contributed by atoms with van der Waals surface area (Å²) in [6.07, 6.45) is 3.98. The van der Waals surface area contributed by atoms with Crippen LogP contribution in [0.25, 0.3) is 0 Å². The highest BCUT2D eigenvalue weighted by Crippen LogP contribution is 2.38. The molecular formula is C14H26N2O. The lowest BCUT2D eigenvalue weighted by molar-refractivity contribution is -0.131. The average Bonchev–Trinajstić information content (AvgIpc) is 2.82. The van der Waals surface area contributed by atoms with Crippen LogP contribution in [0.4, 0.5) is 0 Å². The molecule has 2 fully saturated rings. The van der Waals surface area contributed by atoms with Gasteiger partial charge in [-0.15, -0.1) is 0 Å². The molecule has 4 unspecified atom stereocenters. The summed E-state index contributed by atoms with van der Waals surface area (Å²) in [5.41, 5.74) is 0. The molecule has 1 N–H and O–H groups in total. The molecule has 0 aromatic rings. The first-order valence-corrected chi connectivity index (χ1v) is 7.10. The van der Waals surface area contributed by atoms with Gasteiger partial charge in [0.2, 0.25) is 5.91 Å². The molecule has 1 heterocycles. The maximum atomic E-state index is 12.1. The molecule has 1 aliphatic heterocycles. The summed E-state index contributed by atoms with van der Waals surface area (Å²) in [6, 6.07) is 0.467. The Morgan fingerprint density at radius 1 is 1.41 bits per heavy atom. The van der Waals surface area contributed by atoms with E-state index < -0.39 is 0 Å². The molecule has 17 heavy (non-hydrogen) atoms. The van der Waals surface area contributed by atoms with Crippen LogP contribution in [0.15, 0.2) is 0 Å². The van der Waals surface area contributed by atoms with Crippen molar-refractivity contribution < 1.29 is 4.79 Å². The second-order valence-electron chi connectivity index (χ2n) is 6.04. The fourth-order valence-corrected chi connectivity index (χ4v) is 3.68. The zero-order chi connectivity index (χ0) is 12.6. The van der Waals surface area contributed by atoms with Gasteiger partial charge in [0.25, 0.3) is 0 Å². The summed E-state index contributed by atoms with van der Waals surface area (Å²) < 4.78 is 0. The summed E-state index contributed by atoms with van der Waals surface area (Å²) in [7, 11) is 0. The number of nitrogens with zero attached hydrogens (tertiary/aromatic N) is 1. The number of nitrogens with one attached hydrogen (secondary N) is 1. The summed E-state index contributed by atoms with van der Waals surface area (Å²) in [4.78, 5) is 14.2. The molecule has 2 rings (SSSR count). The van der Waals surface area contributed by atoms with Crippen LogP contribution in [-0.2, 0) is 4.79 Å². The standard InChI is InChI=1S/C14H26N2O/c1-5-11-6-7-12(10(11)4)16-13(17)8-15-14(16)9(2)3/h9-12,14-15H,5-8H2,1-4H3. The van der Waals surface area contributed by atoms with Gasteiger partial charge in [-0.3, -0.25) is 10.1 Å². The maximum Gasteiger partial charge on any atom is 0.238 e. The van der Waals surface area contributed by atoms with Crippen molar-refractivity contribution in [1.82, 2.24) is 10.2 Å². The van der Waals surface area contributed by atoms with Crippen molar-refractivity contribution in [3.8, 4) is 0 Å². The van der Waals surface area contributed by atoms with E-state index in [-0.39, 0.29) is 6.17 Å². The van der Waals surface area contributed by atoms with E-state index in [2.05, 4.69) is 37.9 Å². The summed E-state index contributed by atoms with van der Waals surface area (Å²) in [5.74, 6) is 2.26. The van der Waals surface area contributed by atoms with Crippen molar-refractivity contribution in [2.75, 3.05) is 6.54 Å². The van der Waals surface area contributed by atoms with Gasteiger partial charge < -0.3 is 4.90 Å². The molecule has 2 aliphatic rings. The second-order valence-corrected chi connectivity index (χ2v) is 6.04. The quantitative estimate of drug-likeness (QED) is 0.817. The average molecular weight is 238 g/mol. The van der Waals surface area contributed by atoms with E-state index in [1.54, 1.807) is 0 Å². The lowest BCUT2D eigenvalue weighted by Gasteiger charge is -2.35. The van der Waals surface area contributed by atoms with Gasteiger partial charge in [0, 0.05) is 6.04 Å². The zero-order valence-corrected chi connectivity index (χ0v) is 11.6. The minimum Gasteiger partial charge on any atom is -0.323 e. The third-order valence-electron chi connectivity index (χ3n) is 4.75. The normalized spacial score (nSPS) is 38.4. The molecule has 1 saturated heterocycles. The summed E-state index contributed by atoms with van der Waals surface area (Å²) in [5, 5.41) is 3.36. The van der Waals surface area contributed by atoms with E-state index in [0.717, 1.165) is 5.92 Å². The van der Waals surface area contributed by atoms with Crippen LogP contribution in [0.5, 0.6) is 0 Å². The van der Waals surface area contributed by atoms with Crippen LogP contribution < -0.4 is 5.32 Å². The first-order chi connectivity index (χ1) is 8.06. The maximum absolute atomic E-state index is 12.1. The van der Waals surface area contributed by atoms with Gasteiger partial charge in [-0.05, 0) is 30.6 Å². The molecule has 3 nitrogen and oxygen atoms in total. The van der Waals surface area contributed by atoms with Gasteiger partial charge in [0.05, 0.1) is 12.7 Å². The predicted octanol–water partition coefficient (Wildman–Crippen LogP) is 2.22. The Morgan fingerprint density at radius 2 is 2.12 bits per heavy atom. The molecule has 4 atom stereocenters. The van der Waals surface area contributed by atoms with E-state index in [4.69, 9.17) is 0 Å². The third kappa shape index (κ3) is 2.22. The van der Waals surface area contributed by atoms with E-state index >= 15 is 0 Å². The van der Waals surface area contributed by atoms with Gasteiger partial charge >= 0.3 is 0 Å². The number of carbonyl (C=O) groups is 1. The third-order valence-corrected chi connectivity index (χ3v) is 4.75. The van der Waals surface area contributed by atoms with E-state index in [9.17, 15) is 4.79 Å². The summed E-state index contributed by atoms with van der Waals surface area (Å²) in [6.45, 7) is 9.52. The van der Waals surface area contributed by atoms with Crippen LogP contribution in [0.3, 0.4) is 0 Å². The molecule has 1 amide bonds. The fraction of sp³-hybridized carbons (Fsp3) is 0.929. The van der Waals surface area contributed by atoms with Crippen molar-refractivity contribution >= 4 is 5.91 Å². The van der Waals surface area contributed by atoms with Crippen LogP contribution in [-0.4, -0.2) is 29.6 Å². The molecule has 0 aromatic heterocycles. The topological polar surface area (TPSA) is 32.3 Å². The number of carbonyl (C=O) groups excluding carboxylic acids is 1. The highest BCUT2D eigenvalue weighted by molar-refractivity contribution is 5.81. The molecule has 1 saturated carbocycles. The number of hydrogen-bond donors (Lipinski definition) is 1. The van der Waals surface area contributed by atoms with Crippen molar-refractivity contribution in [2.45, 2.75) is 59.2 Å². The van der Waals surface area contributed by atoms with Gasteiger partial charge in [-0.25, -0.2) is 0 Å². The SMILES string of the molecule is CCC1CCC(N2C(=O)CNC2C(C)C)C1C. The first-order valence-electron chi connectivity index (χ1n) is 7.10. The van der Waals surface area contributed by atoms with Gasteiger partial charge in [-0.2, -0.15) is 0 Å². The largest absolute Gasteiger partial charge is 0.323 e. The van der Waals surface area contributed by atoms with Crippen LogP contribution in [0.2, 0.25) is 0 Å². The van der Waals surface area contributed by atoms with Gasteiger partial charge in [0.15, 0.2) is 0 Å². The van der Waals surface area contributed by atoms with Gasteiger partial charge in [-0.1, -0.05) is 34.1 Å². The number of rotatable bonds is 3. The smallest absolute Gasteiger partial charge is 0.238 e. The van der Waals surface area contributed by atoms with Crippen molar-refractivity contribution in [3.63, 3.8) is 0 Å². The van der Waals surface area contributed by atoms with Crippen LogP contribution in [0.1, 0.15) is 47.0 Å². The molecule has 0 spiro atoms. The Kier molecular flexibility index (Phi) is 3.76. The molecule has 0 radical (unpaired) electrons. The Labute approximate surface area is 105 Å². The lowest BCUT2D eigenvalue weighted by atomic mass is 9.92. The minimum atomic E-state index is 0.255. The minimum absolute atomic E-state index is 0.255. The first kappa shape index (κ1) is 12.9. The molecular weight excluding hydrogens is 212 g/mol. The summed E-state index contributed by atoms with van der Waals surface area (Å²) >= 11 is 0. The van der Waals surface area contributed by atoms with E-state index in [0.29, 0.717) is 30.3 Å². The Balaban J connectivity index is 2.12. The lowest BCUT2D eigenvalue weighted by Crippen LogP contribution is -2.48. The van der Waals surface area contributed by atoms with Gasteiger partial charge in [0.1, 0.15) is 0 Å². The highest BCUT2D eigenvalue weighted by atomic mass is 16.2.